The van der Waals surface area contributed by atoms with Gasteiger partial charge in [0, 0.05) is 37.3 Å². The van der Waals surface area contributed by atoms with Crippen molar-refractivity contribution in [3.8, 4) is 0 Å². The number of carbonyl (C=O) groups is 1. The van der Waals surface area contributed by atoms with Gasteiger partial charge in [0.25, 0.3) is 0 Å². The Hall–Kier alpha value is -1.81. The van der Waals surface area contributed by atoms with Gasteiger partial charge in [0.2, 0.25) is 5.91 Å². The topological polar surface area (TPSA) is 54.3 Å². The molecule has 1 heterocycles. The summed E-state index contributed by atoms with van der Waals surface area (Å²) in [5.41, 5.74) is 1.18. The van der Waals surface area contributed by atoms with Crippen LogP contribution in [0.4, 0.5) is 0 Å². The van der Waals surface area contributed by atoms with Crippen LogP contribution in [0, 0.1) is 5.92 Å². The Labute approximate surface area is 131 Å². The van der Waals surface area contributed by atoms with Crippen LogP contribution < -0.4 is 5.32 Å². The lowest BCUT2D eigenvalue weighted by Gasteiger charge is -2.28. The number of amides is 1. The highest BCUT2D eigenvalue weighted by Crippen LogP contribution is 2.23. The second kappa shape index (κ2) is 6.97. The van der Waals surface area contributed by atoms with Crippen molar-refractivity contribution in [2.75, 3.05) is 6.61 Å². The smallest absolute Gasteiger partial charge is 0.222 e. The van der Waals surface area contributed by atoms with Gasteiger partial charge >= 0.3 is 0 Å². The number of hydrogen-bond donors (Lipinski definition) is 2. The first-order valence-corrected chi connectivity index (χ1v) is 8.20. The number of carbonyl (C=O) groups excluding carboxylic acids is 1. The van der Waals surface area contributed by atoms with Crippen LogP contribution in [-0.4, -0.2) is 28.2 Å². The number of aromatic nitrogens is 1. The molecule has 0 spiro atoms. The number of fused-ring (bicyclic) bond motifs is 1. The zero-order valence-corrected chi connectivity index (χ0v) is 12.9. The lowest BCUT2D eigenvalue weighted by Crippen LogP contribution is -2.38. The Balaban J connectivity index is 1.48. The molecule has 0 saturated heterocycles. The predicted octanol–water partition coefficient (Wildman–Crippen LogP) is 2.70. The summed E-state index contributed by atoms with van der Waals surface area (Å²) in [4.78, 5) is 12.1. The molecule has 4 nitrogen and oxygen atoms in total. The van der Waals surface area contributed by atoms with Gasteiger partial charge in [-0.05, 0) is 49.1 Å². The summed E-state index contributed by atoms with van der Waals surface area (Å²) in [5.74, 6) is 0.560. The monoisotopic (exact) mass is 300 g/mol. The van der Waals surface area contributed by atoms with E-state index in [0.29, 0.717) is 18.9 Å². The van der Waals surface area contributed by atoms with Gasteiger partial charge in [-0.25, -0.2) is 0 Å². The maximum absolute atomic E-state index is 12.1. The largest absolute Gasteiger partial charge is 0.396 e. The third-order valence-electron chi connectivity index (χ3n) is 4.73. The average Bonchev–Trinajstić information content (AvgIpc) is 2.97. The SMILES string of the molecule is O=C(CCn1ccc2ccccc21)NC1CCC(CO)CC1. The van der Waals surface area contributed by atoms with Crippen LogP contribution in [0.25, 0.3) is 10.9 Å². The fourth-order valence-electron chi connectivity index (χ4n) is 3.35. The molecule has 118 valence electrons. The van der Waals surface area contributed by atoms with E-state index in [1.165, 1.54) is 10.9 Å². The van der Waals surface area contributed by atoms with Crippen molar-refractivity contribution in [3.05, 3.63) is 36.5 Å². The van der Waals surface area contributed by atoms with Gasteiger partial charge in [0.05, 0.1) is 0 Å². The maximum Gasteiger partial charge on any atom is 0.222 e. The predicted molar refractivity (Wildman–Crippen MR) is 87.5 cm³/mol. The van der Waals surface area contributed by atoms with Crippen molar-refractivity contribution in [1.82, 2.24) is 9.88 Å². The molecular formula is C18H24N2O2. The number of benzene rings is 1. The summed E-state index contributed by atoms with van der Waals surface area (Å²) in [6.45, 7) is 0.993. The van der Waals surface area contributed by atoms with Crippen molar-refractivity contribution < 1.29 is 9.90 Å². The first-order valence-electron chi connectivity index (χ1n) is 8.20. The van der Waals surface area contributed by atoms with Crippen molar-refractivity contribution in [1.29, 1.82) is 0 Å². The van der Waals surface area contributed by atoms with Crippen LogP contribution in [0.3, 0.4) is 0 Å². The Morgan fingerprint density at radius 2 is 1.95 bits per heavy atom. The highest BCUT2D eigenvalue weighted by atomic mass is 16.3. The number of aryl methyl sites for hydroxylation is 1. The summed E-state index contributed by atoms with van der Waals surface area (Å²) < 4.78 is 2.14. The highest BCUT2D eigenvalue weighted by molar-refractivity contribution is 5.80. The van der Waals surface area contributed by atoms with E-state index in [2.05, 4.69) is 28.1 Å². The standard InChI is InChI=1S/C18H24N2O2/c21-13-14-5-7-16(8-6-14)19-18(22)10-12-20-11-9-15-3-1-2-4-17(15)20/h1-4,9,11,14,16,21H,5-8,10,12-13H2,(H,19,22). The molecule has 1 aromatic heterocycles. The average molecular weight is 300 g/mol. The lowest BCUT2D eigenvalue weighted by atomic mass is 9.86. The number of hydrogen-bond acceptors (Lipinski definition) is 2. The van der Waals surface area contributed by atoms with Crippen molar-refractivity contribution in [3.63, 3.8) is 0 Å². The van der Waals surface area contributed by atoms with E-state index >= 15 is 0 Å². The molecule has 2 N–H and O–H groups in total. The minimum atomic E-state index is 0.130. The lowest BCUT2D eigenvalue weighted by molar-refractivity contribution is -0.122. The van der Waals surface area contributed by atoms with E-state index in [9.17, 15) is 4.79 Å². The quantitative estimate of drug-likeness (QED) is 0.892. The van der Waals surface area contributed by atoms with Crippen molar-refractivity contribution >= 4 is 16.8 Å². The minimum Gasteiger partial charge on any atom is -0.396 e. The molecule has 0 atom stereocenters. The minimum absolute atomic E-state index is 0.130. The van der Waals surface area contributed by atoms with Gasteiger partial charge in [-0.1, -0.05) is 18.2 Å². The Morgan fingerprint density at radius 1 is 1.18 bits per heavy atom. The zero-order chi connectivity index (χ0) is 15.4. The van der Waals surface area contributed by atoms with Crippen LogP contribution in [0.5, 0.6) is 0 Å². The number of nitrogens with zero attached hydrogens (tertiary/aromatic N) is 1. The second-order valence-corrected chi connectivity index (χ2v) is 6.29. The second-order valence-electron chi connectivity index (χ2n) is 6.29. The number of rotatable bonds is 5. The molecular weight excluding hydrogens is 276 g/mol. The number of para-hydroxylation sites is 1. The third-order valence-corrected chi connectivity index (χ3v) is 4.73. The number of aliphatic hydroxyl groups excluding tert-OH is 1. The van der Waals surface area contributed by atoms with E-state index in [-0.39, 0.29) is 18.6 Å². The normalized spacial score (nSPS) is 21.9. The van der Waals surface area contributed by atoms with Gasteiger partial charge in [0.15, 0.2) is 0 Å². The van der Waals surface area contributed by atoms with E-state index in [4.69, 9.17) is 5.11 Å². The number of aliphatic hydroxyl groups is 1. The van der Waals surface area contributed by atoms with Gasteiger partial charge in [0.1, 0.15) is 0 Å². The molecule has 1 aliphatic carbocycles. The summed E-state index contributed by atoms with van der Waals surface area (Å²) in [5, 5.41) is 13.5. The van der Waals surface area contributed by atoms with E-state index in [1.54, 1.807) is 0 Å². The Morgan fingerprint density at radius 3 is 2.73 bits per heavy atom. The van der Waals surface area contributed by atoms with E-state index in [0.717, 1.165) is 25.7 Å². The van der Waals surface area contributed by atoms with Gasteiger partial charge < -0.3 is 15.0 Å². The third kappa shape index (κ3) is 3.50. The summed E-state index contributed by atoms with van der Waals surface area (Å²) >= 11 is 0. The van der Waals surface area contributed by atoms with Crippen LogP contribution in [-0.2, 0) is 11.3 Å². The molecule has 0 bridgehead atoms. The molecule has 2 aromatic rings. The molecule has 1 fully saturated rings. The molecule has 3 rings (SSSR count). The molecule has 1 saturated carbocycles. The zero-order valence-electron chi connectivity index (χ0n) is 12.9. The summed E-state index contributed by atoms with van der Waals surface area (Å²) in [6.07, 6.45) is 6.57. The molecule has 22 heavy (non-hydrogen) atoms. The van der Waals surface area contributed by atoms with Crippen LogP contribution in [0.2, 0.25) is 0 Å². The molecule has 1 aromatic carbocycles. The van der Waals surface area contributed by atoms with Gasteiger partial charge in [-0.3, -0.25) is 4.79 Å². The van der Waals surface area contributed by atoms with Gasteiger partial charge in [-0.2, -0.15) is 0 Å². The maximum atomic E-state index is 12.1. The number of nitrogens with one attached hydrogen (secondary N) is 1. The first-order chi connectivity index (χ1) is 10.8. The van der Waals surface area contributed by atoms with E-state index < -0.39 is 0 Å². The fourth-order valence-corrected chi connectivity index (χ4v) is 3.35. The van der Waals surface area contributed by atoms with Crippen LogP contribution in [0.1, 0.15) is 32.1 Å². The fraction of sp³-hybridized carbons (Fsp3) is 0.500. The van der Waals surface area contributed by atoms with E-state index in [1.807, 2.05) is 18.3 Å². The van der Waals surface area contributed by atoms with Crippen LogP contribution in [0.15, 0.2) is 36.5 Å². The highest BCUT2D eigenvalue weighted by Gasteiger charge is 2.21. The van der Waals surface area contributed by atoms with Crippen molar-refractivity contribution in [2.24, 2.45) is 5.92 Å². The molecule has 0 aliphatic heterocycles. The molecule has 4 heteroatoms. The molecule has 1 amide bonds. The molecule has 0 radical (unpaired) electrons. The molecule has 0 unspecified atom stereocenters. The summed E-state index contributed by atoms with van der Waals surface area (Å²) in [6, 6.07) is 10.6. The van der Waals surface area contributed by atoms with Crippen LogP contribution >= 0.6 is 0 Å². The van der Waals surface area contributed by atoms with Crippen molar-refractivity contribution in [2.45, 2.75) is 44.7 Å². The Kier molecular flexibility index (Phi) is 4.78. The summed E-state index contributed by atoms with van der Waals surface area (Å²) in [7, 11) is 0. The Bertz CT molecular complexity index is 627. The molecule has 1 aliphatic rings. The van der Waals surface area contributed by atoms with Gasteiger partial charge in [-0.15, -0.1) is 0 Å². The first kappa shape index (κ1) is 15.1.